The number of halogens is 1. The molecule has 172 valence electrons. The third kappa shape index (κ3) is 5.35. The number of carbonyl (C=O) groups is 1. The minimum atomic E-state index is -3.66. The van der Waals surface area contributed by atoms with E-state index in [0.717, 1.165) is 17.2 Å². The van der Waals surface area contributed by atoms with Crippen molar-refractivity contribution in [2.75, 3.05) is 11.1 Å². The van der Waals surface area contributed by atoms with Crippen LogP contribution in [-0.4, -0.2) is 34.0 Å². The molecular formula is C22H22FN5O3S2. The second-order valence-corrected chi connectivity index (χ2v) is 10.5. The fourth-order valence-corrected chi connectivity index (χ4v) is 5.66. The van der Waals surface area contributed by atoms with Crippen LogP contribution in [0.25, 0.3) is 11.8 Å². The zero-order valence-corrected chi connectivity index (χ0v) is 20.1. The number of nitrogens with zero attached hydrogens (tertiary/aromatic N) is 4. The van der Waals surface area contributed by atoms with Gasteiger partial charge >= 0.3 is 0 Å². The molecule has 2 aromatic heterocycles. The molecule has 8 nitrogen and oxygen atoms in total. The molecule has 3 aromatic rings. The molecule has 0 spiro atoms. The number of para-hydroxylation sites is 1. The van der Waals surface area contributed by atoms with E-state index < -0.39 is 21.6 Å². The molecule has 0 bridgehead atoms. The Morgan fingerprint density at radius 3 is 2.67 bits per heavy atom. The number of aryl methyl sites for hydroxylation is 1. The van der Waals surface area contributed by atoms with Crippen molar-refractivity contribution >= 4 is 38.5 Å². The first-order chi connectivity index (χ1) is 15.5. The van der Waals surface area contributed by atoms with E-state index in [9.17, 15) is 22.9 Å². The molecule has 0 fully saturated rings. The molecule has 3 rings (SSSR count). The van der Waals surface area contributed by atoms with Gasteiger partial charge in [-0.15, -0.1) is 0 Å². The lowest BCUT2D eigenvalue weighted by Gasteiger charge is -2.10. The van der Waals surface area contributed by atoms with E-state index in [2.05, 4.69) is 14.7 Å². The fourth-order valence-electron chi connectivity index (χ4n) is 3.31. The normalized spacial score (nSPS) is 12.1. The number of amides is 1. The summed E-state index contributed by atoms with van der Waals surface area (Å²) in [5.74, 6) is -1.37. The van der Waals surface area contributed by atoms with E-state index in [4.69, 9.17) is 0 Å². The van der Waals surface area contributed by atoms with Crippen molar-refractivity contribution in [3.05, 3.63) is 58.7 Å². The zero-order chi connectivity index (χ0) is 24.3. The zero-order valence-electron chi connectivity index (χ0n) is 18.5. The number of benzene rings is 1. The number of aromatic nitrogens is 3. The van der Waals surface area contributed by atoms with Crippen LogP contribution in [0.4, 0.5) is 9.52 Å². The van der Waals surface area contributed by atoms with Gasteiger partial charge in [0.2, 0.25) is 15.0 Å². The van der Waals surface area contributed by atoms with Crippen molar-refractivity contribution in [3.63, 3.8) is 0 Å². The van der Waals surface area contributed by atoms with Gasteiger partial charge in [-0.2, -0.15) is 14.6 Å². The second-order valence-electron chi connectivity index (χ2n) is 7.79. The topological polar surface area (TPSA) is 118 Å². The molecule has 0 unspecified atom stereocenters. The summed E-state index contributed by atoms with van der Waals surface area (Å²) in [5, 5.41) is 11.6. The molecule has 2 heterocycles. The molecule has 11 heteroatoms. The van der Waals surface area contributed by atoms with Crippen LogP contribution in [-0.2, 0) is 14.6 Å². The van der Waals surface area contributed by atoms with Crippen molar-refractivity contribution in [3.8, 4) is 11.8 Å². The molecule has 1 amide bonds. The number of nitriles is 1. The van der Waals surface area contributed by atoms with Gasteiger partial charge in [0.25, 0.3) is 11.1 Å². The molecule has 0 saturated heterocycles. The molecule has 0 radical (unpaired) electrons. The largest absolute Gasteiger partial charge is 0.315 e. The fraction of sp³-hybridized carbons (Fsp3) is 0.273. The Balaban J connectivity index is 1.87. The van der Waals surface area contributed by atoms with Crippen molar-refractivity contribution in [2.24, 2.45) is 5.92 Å². The molecule has 33 heavy (non-hydrogen) atoms. The predicted molar refractivity (Wildman–Crippen MR) is 124 cm³/mol. The first kappa shape index (κ1) is 24.3. The van der Waals surface area contributed by atoms with E-state index in [1.807, 2.05) is 6.07 Å². The lowest BCUT2D eigenvalue weighted by molar-refractivity contribution is -0.112. The maximum absolute atomic E-state index is 14.3. The van der Waals surface area contributed by atoms with E-state index in [1.54, 1.807) is 56.5 Å². The molecule has 0 atom stereocenters. The SMILES string of the molecule is Cc1cc(/C=C(/C#N)C(=O)Nc2nc(S(=O)(=O)CC(C)C)ns2)c(C)n1-c1ccccc1F. The Labute approximate surface area is 195 Å². The lowest BCUT2D eigenvalue weighted by Crippen LogP contribution is -2.15. The monoisotopic (exact) mass is 487 g/mol. The van der Waals surface area contributed by atoms with Gasteiger partial charge in [-0.1, -0.05) is 26.0 Å². The predicted octanol–water partition coefficient (Wildman–Crippen LogP) is 4.06. The van der Waals surface area contributed by atoms with E-state index >= 15 is 0 Å². The van der Waals surface area contributed by atoms with Crippen molar-refractivity contribution in [1.29, 1.82) is 5.26 Å². The summed E-state index contributed by atoms with van der Waals surface area (Å²) in [6, 6.07) is 9.90. The van der Waals surface area contributed by atoms with Crippen LogP contribution < -0.4 is 5.32 Å². The van der Waals surface area contributed by atoms with Gasteiger partial charge in [-0.05, 0) is 49.6 Å². The van der Waals surface area contributed by atoms with Crippen LogP contribution in [0.15, 0.2) is 41.1 Å². The Hall–Kier alpha value is -3.36. The van der Waals surface area contributed by atoms with E-state index in [-0.39, 0.29) is 27.5 Å². The van der Waals surface area contributed by atoms with Crippen LogP contribution in [0.3, 0.4) is 0 Å². The summed E-state index contributed by atoms with van der Waals surface area (Å²) in [5.41, 5.74) is 2.09. The number of hydrogen-bond donors (Lipinski definition) is 1. The molecule has 1 aromatic carbocycles. The van der Waals surface area contributed by atoms with Crippen LogP contribution >= 0.6 is 11.5 Å². The molecule has 0 aliphatic rings. The van der Waals surface area contributed by atoms with Gasteiger partial charge in [-0.25, -0.2) is 12.8 Å². The van der Waals surface area contributed by atoms with Gasteiger partial charge in [0.15, 0.2) is 0 Å². The van der Waals surface area contributed by atoms with Crippen molar-refractivity contribution in [2.45, 2.75) is 32.9 Å². The van der Waals surface area contributed by atoms with Gasteiger partial charge < -0.3 is 4.57 Å². The minimum Gasteiger partial charge on any atom is -0.315 e. The Morgan fingerprint density at radius 1 is 1.33 bits per heavy atom. The van der Waals surface area contributed by atoms with Crippen LogP contribution in [0.5, 0.6) is 0 Å². The minimum absolute atomic E-state index is 0.0275. The number of nitrogens with one attached hydrogen (secondary N) is 1. The summed E-state index contributed by atoms with van der Waals surface area (Å²) in [4.78, 5) is 16.5. The average Bonchev–Trinajstić information content (AvgIpc) is 3.31. The number of carbonyl (C=O) groups excluding carboxylic acids is 1. The summed E-state index contributed by atoms with van der Waals surface area (Å²) in [6.07, 6.45) is 1.40. The molecule has 1 N–H and O–H groups in total. The summed E-state index contributed by atoms with van der Waals surface area (Å²) in [7, 11) is -3.66. The molecule has 0 aliphatic carbocycles. The van der Waals surface area contributed by atoms with Gasteiger partial charge in [-0.3, -0.25) is 10.1 Å². The van der Waals surface area contributed by atoms with Crippen LogP contribution in [0.2, 0.25) is 0 Å². The second kappa shape index (κ2) is 9.64. The maximum atomic E-state index is 14.3. The smallest absolute Gasteiger partial charge is 0.268 e. The lowest BCUT2D eigenvalue weighted by atomic mass is 10.1. The van der Waals surface area contributed by atoms with E-state index in [0.29, 0.717) is 16.9 Å². The number of hydrogen-bond acceptors (Lipinski definition) is 7. The highest BCUT2D eigenvalue weighted by atomic mass is 32.2. The van der Waals surface area contributed by atoms with Crippen molar-refractivity contribution in [1.82, 2.24) is 13.9 Å². The highest BCUT2D eigenvalue weighted by Crippen LogP contribution is 2.25. The highest BCUT2D eigenvalue weighted by Gasteiger charge is 2.23. The molecular weight excluding hydrogens is 465 g/mol. The summed E-state index contributed by atoms with van der Waals surface area (Å²) in [6.45, 7) is 7.08. The number of anilines is 1. The van der Waals surface area contributed by atoms with Gasteiger partial charge in [0.1, 0.15) is 17.5 Å². The first-order valence-electron chi connectivity index (χ1n) is 9.97. The van der Waals surface area contributed by atoms with E-state index in [1.165, 1.54) is 12.1 Å². The Morgan fingerprint density at radius 2 is 2.03 bits per heavy atom. The summed E-state index contributed by atoms with van der Waals surface area (Å²) >= 11 is 0.720. The van der Waals surface area contributed by atoms with Crippen molar-refractivity contribution < 1.29 is 17.6 Å². The number of sulfone groups is 1. The van der Waals surface area contributed by atoms with Crippen LogP contribution in [0, 0.1) is 36.9 Å². The average molecular weight is 488 g/mol. The Kier molecular flexibility index (Phi) is 7.09. The van der Waals surface area contributed by atoms with Crippen LogP contribution in [0.1, 0.15) is 30.8 Å². The van der Waals surface area contributed by atoms with Gasteiger partial charge in [0.05, 0.1) is 11.4 Å². The quantitative estimate of drug-likeness (QED) is 0.397. The Bertz CT molecular complexity index is 1380. The standard InChI is InChI=1S/C22H22FN5O3S2/c1-13(2)12-33(30,31)22-26-21(32-27-22)25-20(29)17(11-24)10-16-9-14(3)28(15(16)4)19-8-6-5-7-18(19)23/h5-10,13H,12H2,1-4H3,(H,25,26,27,29)/b17-10-. The maximum Gasteiger partial charge on any atom is 0.268 e. The number of rotatable bonds is 7. The first-order valence-corrected chi connectivity index (χ1v) is 12.4. The third-order valence-electron chi connectivity index (χ3n) is 4.69. The third-order valence-corrected chi connectivity index (χ3v) is 7.28. The summed E-state index contributed by atoms with van der Waals surface area (Å²) < 4.78 is 44.3. The molecule has 0 aliphatic heterocycles. The van der Waals surface area contributed by atoms with Gasteiger partial charge in [0, 0.05) is 22.9 Å². The molecule has 0 saturated carbocycles. The highest BCUT2D eigenvalue weighted by molar-refractivity contribution is 7.91.